The fourth-order valence-corrected chi connectivity index (χ4v) is 2.74. The van der Waals surface area contributed by atoms with Crippen molar-refractivity contribution in [3.8, 4) is 0 Å². The van der Waals surface area contributed by atoms with Gasteiger partial charge in [-0.25, -0.2) is 0 Å². The molecule has 0 fully saturated rings. The van der Waals surface area contributed by atoms with Crippen molar-refractivity contribution in [1.82, 2.24) is 4.98 Å². The van der Waals surface area contributed by atoms with Crippen LogP contribution in [0, 0.1) is 20.8 Å². The van der Waals surface area contributed by atoms with Gasteiger partial charge in [-0.1, -0.05) is 23.8 Å². The van der Waals surface area contributed by atoms with Gasteiger partial charge in [0.05, 0.1) is 11.7 Å². The number of hydrogen-bond acceptors (Lipinski definition) is 2. The van der Waals surface area contributed by atoms with Gasteiger partial charge in [0.15, 0.2) is 0 Å². The molecule has 2 nitrogen and oxygen atoms in total. The molecule has 1 aromatic heterocycles. The van der Waals surface area contributed by atoms with Crippen molar-refractivity contribution in [3.63, 3.8) is 0 Å². The summed E-state index contributed by atoms with van der Waals surface area (Å²) in [5, 5.41) is 0. The minimum atomic E-state index is 0.265. The Morgan fingerprint density at radius 3 is 2.21 bits per heavy atom. The SMILES string of the molecule is Cc1cc(C)c(N(C)C(C)c2ccccn2)c(C)c1. The van der Waals surface area contributed by atoms with E-state index in [1.807, 2.05) is 18.3 Å². The van der Waals surface area contributed by atoms with Gasteiger partial charge in [-0.15, -0.1) is 0 Å². The van der Waals surface area contributed by atoms with Gasteiger partial charge in [-0.2, -0.15) is 0 Å². The number of benzene rings is 1. The third-order valence-electron chi connectivity index (χ3n) is 3.68. The Bertz CT molecular complexity index is 538. The predicted molar refractivity (Wildman–Crippen MR) is 81.7 cm³/mol. The highest BCUT2D eigenvalue weighted by Gasteiger charge is 2.16. The maximum absolute atomic E-state index is 4.46. The Balaban J connectivity index is 2.37. The average molecular weight is 254 g/mol. The highest BCUT2D eigenvalue weighted by molar-refractivity contribution is 5.60. The number of aromatic nitrogens is 1. The molecule has 1 heterocycles. The number of rotatable bonds is 3. The number of aryl methyl sites for hydroxylation is 3. The van der Waals surface area contributed by atoms with Crippen LogP contribution in [0.25, 0.3) is 0 Å². The lowest BCUT2D eigenvalue weighted by atomic mass is 10.0. The van der Waals surface area contributed by atoms with E-state index in [-0.39, 0.29) is 6.04 Å². The molecule has 1 atom stereocenters. The molecule has 2 rings (SSSR count). The molecule has 19 heavy (non-hydrogen) atoms. The summed E-state index contributed by atoms with van der Waals surface area (Å²) in [6.45, 7) is 8.70. The summed E-state index contributed by atoms with van der Waals surface area (Å²) in [6, 6.07) is 10.8. The Morgan fingerprint density at radius 2 is 1.68 bits per heavy atom. The van der Waals surface area contributed by atoms with Crippen LogP contribution in [0.15, 0.2) is 36.5 Å². The van der Waals surface area contributed by atoms with Crippen molar-refractivity contribution < 1.29 is 0 Å². The first kappa shape index (κ1) is 13.6. The van der Waals surface area contributed by atoms with E-state index < -0.39 is 0 Å². The highest BCUT2D eigenvalue weighted by Crippen LogP contribution is 2.30. The summed E-state index contributed by atoms with van der Waals surface area (Å²) in [4.78, 5) is 6.77. The summed E-state index contributed by atoms with van der Waals surface area (Å²) >= 11 is 0. The first-order valence-electron chi connectivity index (χ1n) is 6.72. The molecule has 1 aromatic carbocycles. The van der Waals surface area contributed by atoms with E-state index in [2.05, 4.69) is 62.8 Å². The molecular formula is C17H22N2. The second-order valence-electron chi connectivity index (χ2n) is 5.29. The van der Waals surface area contributed by atoms with Crippen LogP contribution < -0.4 is 4.90 Å². The number of anilines is 1. The molecular weight excluding hydrogens is 232 g/mol. The minimum absolute atomic E-state index is 0.265. The highest BCUT2D eigenvalue weighted by atomic mass is 15.1. The van der Waals surface area contributed by atoms with Crippen LogP contribution in [-0.2, 0) is 0 Å². The van der Waals surface area contributed by atoms with Gasteiger partial charge in [-0.3, -0.25) is 4.98 Å². The van der Waals surface area contributed by atoms with Crippen LogP contribution in [0.3, 0.4) is 0 Å². The van der Waals surface area contributed by atoms with Crippen molar-refractivity contribution in [2.24, 2.45) is 0 Å². The van der Waals surface area contributed by atoms with Gasteiger partial charge < -0.3 is 4.90 Å². The zero-order valence-corrected chi connectivity index (χ0v) is 12.4. The van der Waals surface area contributed by atoms with E-state index in [9.17, 15) is 0 Å². The van der Waals surface area contributed by atoms with E-state index in [4.69, 9.17) is 0 Å². The molecule has 2 aromatic rings. The number of nitrogens with zero attached hydrogens (tertiary/aromatic N) is 2. The van der Waals surface area contributed by atoms with E-state index in [0.717, 1.165) is 5.69 Å². The van der Waals surface area contributed by atoms with Gasteiger partial charge in [0.2, 0.25) is 0 Å². The molecule has 0 amide bonds. The summed E-state index contributed by atoms with van der Waals surface area (Å²) in [7, 11) is 2.14. The van der Waals surface area contributed by atoms with Gasteiger partial charge in [-0.05, 0) is 51.0 Å². The molecule has 0 aliphatic heterocycles. The molecule has 0 aliphatic rings. The van der Waals surface area contributed by atoms with Crippen LogP contribution in [-0.4, -0.2) is 12.0 Å². The molecule has 0 saturated heterocycles. The monoisotopic (exact) mass is 254 g/mol. The van der Waals surface area contributed by atoms with Crippen molar-refractivity contribution in [3.05, 3.63) is 58.9 Å². The molecule has 0 spiro atoms. The first-order chi connectivity index (χ1) is 9.00. The largest absolute Gasteiger partial charge is 0.366 e. The summed E-state index contributed by atoms with van der Waals surface area (Å²) in [5.74, 6) is 0. The van der Waals surface area contributed by atoms with Gasteiger partial charge in [0.25, 0.3) is 0 Å². The zero-order valence-electron chi connectivity index (χ0n) is 12.4. The average Bonchev–Trinajstić information content (AvgIpc) is 2.37. The summed E-state index contributed by atoms with van der Waals surface area (Å²) in [6.07, 6.45) is 1.86. The molecule has 1 unspecified atom stereocenters. The first-order valence-corrected chi connectivity index (χ1v) is 6.72. The third-order valence-corrected chi connectivity index (χ3v) is 3.68. The Kier molecular flexibility index (Phi) is 3.89. The van der Waals surface area contributed by atoms with Crippen LogP contribution >= 0.6 is 0 Å². The van der Waals surface area contributed by atoms with Crippen molar-refractivity contribution in [2.75, 3.05) is 11.9 Å². The van der Waals surface area contributed by atoms with E-state index in [1.165, 1.54) is 22.4 Å². The van der Waals surface area contributed by atoms with Gasteiger partial charge in [0, 0.05) is 18.9 Å². The van der Waals surface area contributed by atoms with Crippen molar-refractivity contribution >= 4 is 5.69 Å². The van der Waals surface area contributed by atoms with E-state index in [0.29, 0.717) is 0 Å². The molecule has 0 radical (unpaired) electrons. The normalized spacial score (nSPS) is 12.3. The van der Waals surface area contributed by atoms with Crippen LogP contribution in [0.1, 0.15) is 35.3 Å². The smallest absolute Gasteiger partial charge is 0.0682 e. The lowest BCUT2D eigenvalue weighted by Gasteiger charge is -2.30. The van der Waals surface area contributed by atoms with E-state index >= 15 is 0 Å². The fourth-order valence-electron chi connectivity index (χ4n) is 2.74. The number of hydrogen-bond donors (Lipinski definition) is 0. The number of pyridine rings is 1. The van der Waals surface area contributed by atoms with Gasteiger partial charge in [0.1, 0.15) is 0 Å². The third kappa shape index (κ3) is 2.78. The van der Waals surface area contributed by atoms with Gasteiger partial charge >= 0.3 is 0 Å². The maximum atomic E-state index is 4.46. The lowest BCUT2D eigenvalue weighted by molar-refractivity contribution is 0.710. The minimum Gasteiger partial charge on any atom is -0.366 e. The maximum Gasteiger partial charge on any atom is 0.0682 e. The van der Waals surface area contributed by atoms with Crippen LogP contribution in [0.2, 0.25) is 0 Å². The van der Waals surface area contributed by atoms with Crippen molar-refractivity contribution in [1.29, 1.82) is 0 Å². The zero-order chi connectivity index (χ0) is 14.0. The Labute approximate surface area is 116 Å². The molecule has 100 valence electrons. The quantitative estimate of drug-likeness (QED) is 0.816. The van der Waals surface area contributed by atoms with Crippen LogP contribution in [0.4, 0.5) is 5.69 Å². The Hall–Kier alpha value is -1.83. The molecule has 2 heteroatoms. The summed E-state index contributed by atoms with van der Waals surface area (Å²) in [5.41, 5.74) is 6.37. The summed E-state index contributed by atoms with van der Waals surface area (Å²) < 4.78 is 0. The second-order valence-corrected chi connectivity index (χ2v) is 5.29. The Morgan fingerprint density at radius 1 is 1.05 bits per heavy atom. The molecule has 0 saturated carbocycles. The topological polar surface area (TPSA) is 16.1 Å². The van der Waals surface area contributed by atoms with Crippen molar-refractivity contribution in [2.45, 2.75) is 33.7 Å². The lowest BCUT2D eigenvalue weighted by Crippen LogP contribution is -2.24. The molecule has 0 N–H and O–H groups in total. The van der Waals surface area contributed by atoms with Crippen LogP contribution in [0.5, 0.6) is 0 Å². The predicted octanol–water partition coefficient (Wildman–Crippen LogP) is 4.20. The standard InChI is InChI=1S/C17H22N2/c1-12-10-13(2)17(14(3)11-12)19(5)15(4)16-8-6-7-9-18-16/h6-11,15H,1-5H3. The second kappa shape index (κ2) is 5.43. The fraction of sp³-hybridized carbons (Fsp3) is 0.353. The van der Waals surface area contributed by atoms with E-state index in [1.54, 1.807) is 0 Å². The molecule has 0 aliphatic carbocycles. The molecule has 0 bridgehead atoms.